The number of nitrogens with zero attached hydrogens (tertiary/aromatic N) is 1. The molecular weight excluding hydrogens is 152 g/mol. The van der Waals surface area contributed by atoms with Crippen molar-refractivity contribution in [2.75, 3.05) is 4.72 Å². The first-order valence-corrected chi connectivity index (χ1v) is 4.65. The summed E-state index contributed by atoms with van der Waals surface area (Å²) >= 11 is 0. The van der Waals surface area contributed by atoms with Gasteiger partial charge in [-0.15, -0.1) is 0 Å². The van der Waals surface area contributed by atoms with Crippen LogP contribution >= 0.6 is 21.8 Å². The largest absolute Gasteiger partial charge is 0.319 e. The molecule has 1 N–H and O–H groups in total. The molecule has 0 saturated heterocycles. The van der Waals surface area contributed by atoms with Crippen molar-refractivity contribution in [1.29, 1.82) is 0 Å². The molecule has 0 aromatic carbocycles. The van der Waals surface area contributed by atoms with E-state index in [9.17, 15) is 0 Å². The first-order chi connectivity index (χ1) is 4.47. The van der Waals surface area contributed by atoms with E-state index in [0.717, 1.165) is 0 Å². The van der Waals surface area contributed by atoms with Gasteiger partial charge in [-0.25, -0.2) is 0 Å². The van der Waals surface area contributed by atoms with E-state index in [1.807, 2.05) is 12.3 Å². The number of fused-ring (bicyclic) bond motifs is 1. The fourth-order valence-corrected chi connectivity index (χ4v) is 2.48. The van der Waals surface area contributed by atoms with Crippen molar-refractivity contribution in [2.24, 2.45) is 0 Å². The molecule has 0 amide bonds. The van der Waals surface area contributed by atoms with Crippen molar-refractivity contribution in [1.82, 2.24) is 4.98 Å². The molecule has 2 heterocycles. The van der Waals surface area contributed by atoms with Crippen molar-refractivity contribution in [3.8, 4) is 0 Å². The first-order valence-electron chi connectivity index (χ1n) is 2.50. The minimum Gasteiger partial charge on any atom is -0.319 e. The molecular formula is C5H4N2S2. The number of nitrogens with one attached hydrogen (secondary N) is 1. The Labute approximate surface area is 61.0 Å². The highest BCUT2D eigenvalue weighted by Gasteiger charge is 2.09. The molecule has 0 unspecified atom stereocenters. The van der Waals surface area contributed by atoms with Gasteiger partial charge in [0.25, 0.3) is 0 Å². The predicted molar refractivity (Wildman–Crippen MR) is 41.3 cm³/mol. The zero-order valence-electron chi connectivity index (χ0n) is 4.50. The van der Waals surface area contributed by atoms with Crippen LogP contribution in [0, 0.1) is 0 Å². The van der Waals surface area contributed by atoms with Crippen LogP contribution in [-0.2, 0) is 0 Å². The number of anilines is 1. The highest BCUT2D eigenvalue weighted by molar-refractivity contribution is 8.77. The van der Waals surface area contributed by atoms with Gasteiger partial charge in [0.2, 0.25) is 0 Å². The van der Waals surface area contributed by atoms with E-state index in [0.29, 0.717) is 0 Å². The summed E-state index contributed by atoms with van der Waals surface area (Å²) < 4.78 is 3.14. The molecule has 4 heteroatoms. The lowest BCUT2D eigenvalue weighted by atomic mass is 10.4. The molecule has 1 aliphatic heterocycles. The Hall–Kier alpha value is -0.350. The lowest BCUT2D eigenvalue weighted by molar-refractivity contribution is 1.25. The Morgan fingerprint density at radius 1 is 1.56 bits per heavy atom. The minimum absolute atomic E-state index is 1.18. The standard InChI is InChI=1S/C5H4N2S2/c1-2-6-3-5-4(1)7-9-8-5/h1-3,7H. The molecule has 0 fully saturated rings. The van der Waals surface area contributed by atoms with Crippen LogP contribution in [0.1, 0.15) is 0 Å². The summed E-state index contributed by atoms with van der Waals surface area (Å²) in [5.41, 5.74) is 1.18. The molecule has 0 saturated carbocycles. The lowest BCUT2D eigenvalue weighted by Crippen LogP contribution is -1.77. The van der Waals surface area contributed by atoms with Crippen molar-refractivity contribution < 1.29 is 0 Å². The maximum atomic E-state index is 3.98. The van der Waals surface area contributed by atoms with Crippen molar-refractivity contribution in [3.05, 3.63) is 18.5 Å². The van der Waals surface area contributed by atoms with Crippen LogP contribution in [0.5, 0.6) is 0 Å². The fourth-order valence-electron chi connectivity index (χ4n) is 0.641. The summed E-state index contributed by atoms with van der Waals surface area (Å²) in [6.45, 7) is 0. The summed E-state index contributed by atoms with van der Waals surface area (Å²) in [6, 6.07) is 1.97. The molecule has 0 bridgehead atoms. The van der Waals surface area contributed by atoms with Crippen molar-refractivity contribution in [3.63, 3.8) is 0 Å². The highest BCUT2D eigenvalue weighted by atomic mass is 33.1. The zero-order valence-corrected chi connectivity index (χ0v) is 6.13. The summed E-state index contributed by atoms with van der Waals surface area (Å²) in [7, 11) is 3.34. The second-order valence-electron chi connectivity index (χ2n) is 1.64. The number of aromatic nitrogens is 1. The quantitative estimate of drug-likeness (QED) is 0.459. The maximum absolute atomic E-state index is 3.98. The fraction of sp³-hybridized carbons (Fsp3) is 0. The van der Waals surface area contributed by atoms with Gasteiger partial charge in [0.1, 0.15) is 0 Å². The van der Waals surface area contributed by atoms with Crippen LogP contribution in [0.15, 0.2) is 23.4 Å². The van der Waals surface area contributed by atoms with Gasteiger partial charge >= 0.3 is 0 Å². The van der Waals surface area contributed by atoms with Gasteiger partial charge in [-0.2, -0.15) is 0 Å². The van der Waals surface area contributed by atoms with Gasteiger partial charge in [0, 0.05) is 23.4 Å². The van der Waals surface area contributed by atoms with E-state index in [1.54, 1.807) is 28.0 Å². The van der Waals surface area contributed by atoms with E-state index >= 15 is 0 Å². The Kier molecular flexibility index (Phi) is 1.28. The van der Waals surface area contributed by atoms with Crippen molar-refractivity contribution >= 4 is 27.5 Å². The summed E-state index contributed by atoms with van der Waals surface area (Å²) in [6.07, 6.45) is 3.66. The van der Waals surface area contributed by atoms with Crippen LogP contribution in [-0.4, -0.2) is 4.98 Å². The maximum Gasteiger partial charge on any atom is 0.0624 e. The van der Waals surface area contributed by atoms with Crippen LogP contribution in [0.4, 0.5) is 5.69 Å². The summed E-state index contributed by atoms with van der Waals surface area (Å²) in [5, 5.41) is 0. The molecule has 0 atom stereocenters. The Morgan fingerprint density at radius 3 is 3.44 bits per heavy atom. The Morgan fingerprint density at radius 2 is 2.56 bits per heavy atom. The van der Waals surface area contributed by atoms with Gasteiger partial charge in [0.15, 0.2) is 0 Å². The van der Waals surface area contributed by atoms with E-state index < -0.39 is 0 Å². The number of hydrogen-bond acceptors (Lipinski definition) is 4. The highest BCUT2D eigenvalue weighted by Crippen LogP contribution is 2.43. The van der Waals surface area contributed by atoms with Gasteiger partial charge in [-0.05, 0) is 16.9 Å². The van der Waals surface area contributed by atoms with E-state index in [2.05, 4.69) is 9.71 Å². The van der Waals surface area contributed by atoms with Gasteiger partial charge in [-0.1, -0.05) is 0 Å². The average Bonchev–Trinajstić information content (AvgIpc) is 2.33. The Balaban J connectivity index is 2.54. The SMILES string of the molecule is c1cc2c(cn1)SSN2. The first kappa shape index (κ1) is 5.44. The summed E-state index contributed by atoms with van der Waals surface area (Å²) in [5.74, 6) is 0. The van der Waals surface area contributed by atoms with Gasteiger partial charge in [0.05, 0.1) is 10.6 Å². The predicted octanol–water partition coefficient (Wildman–Crippen LogP) is 2.16. The van der Waals surface area contributed by atoms with Crippen LogP contribution < -0.4 is 4.72 Å². The third-order valence-electron chi connectivity index (χ3n) is 1.07. The van der Waals surface area contributed by atoms with Crippen LogP contribution in [0.25, 0.3) is 0 Å². The monoisotopic (exact) mass is 156 g/mol. The van der Waals surface area contributed by atoms with Gasteiger partial charge < -0.3 is 4.72 Å². The zero-order chi connectivity index (χ0) is 6.10. The molecule has 0 radical (unpaired) electrons. The average molecular weight is 156 g/mol. The molecule has 1 aromatic heterocycles. The second kappa shape index (κ2) is 2.11. The van der Waals surface area contributed by atoms with E-state index in [1.165, 1.54) is 10.6 Å². The molecule has 46 valence electrons. The Bertz CT molecular complexity index is 203. The molecule has 0 spiro atoms. The molecule has 1 aromatic rings. The molecule has 2 nitrogen and oxygen atoms in total. The van der Waals surface area contributed by atoms with Crippen LogP contribution in [0.2, 0.25) is 0 Å². The molecule has 0 aliphatic carbocycles. The van der Waals surface area contributed by atoms with Crippen LogP contribution in [0.3, 0.4) is 0 Å². The van der Waals surface area contributed by atoms with E-state index in [4.69, 9.17) is 0 Å². The molecule has 1 aliphatic rings. The number of pyridine rings is 1. The van der Waals surface area contributed by atoms with Crippen molar-refractivity contribution in [2.45, 2.75) is 4.90 Å². The smallest absolute Gasteiger partial charge is 0.0624 e. The minimum atomic E-state index is 1.18. The number of hydrogen-bond donors (Lipinski definition) is 1. The van der Waals surface area contributed by atoms with Gasteiger partial charge in [-0.3, -0.25) is 4.98 Å². The third-order valence-corrected chi connectivity index (χ3v) is 3.00. The molecule has 2 rings (SSSR count). The second-order valence-corrected chi connectivity index (χ2v) is 3.62. The summed E-state index contributed by atoms with van der Waals surface area (Å²) in [4.78, 5) is 5.21. The number of rotatable bonds is 0. The normalized spacial score (nSPS) is 14.7. The topological polar surface area (TPSA) is 24.9 Å². The van der Waals surface area contributed by atoms with E-state index in [-0.39, 0.29) is 0 Å². The third kappa shape index (κ3) is 0.881. The molecule has 9 heavy (non-hydrogen) atoms. The lowest BCUT2D eigenvalue weighted by Gasteiger charge is -1.90.